The lowest BCUT2D eigenvalue weighted by atomic mass is 10.00. The molecule has 4 nitrogen and oxygen atoms in total. The molecular weight excluding hydrogens is 248 g/mol. The van der Waals surface area contributed by atoms with Gasteiger partial charge in [0.05, 0.1) is 12.7 Å². The first-order chi connectivity index (χ1) is 8.49. The summed E-state index contributed by atoms with van der Waals surface area (Å²) in [5.74, 6) is 0. The summed E-state index contributed by atoms with van der Waals surface area (Å²) >= 11 is -2.00. The molecular formula is C13H16N2O2S. The van der Waals surface area contributed by atoms with E-state index in [1.54, 1.807) is 16.9 Å². The van der Waals surface area contributed by atoms with Crippen molar-refractivity contribution in [1.82, 2.24) is 9.78 Å². The quantitative estimate of drug-likeness (QED) is 0.866. The van der Waals surface area contributed by atoms with Gasteiger partial charge in [0.2, 0.25) is 11.1 Å². The second-order valence-electron chi connectivity index (χ2n) is 4.45. The number of aromatic nitrogens is 2. The molecule has 1 heterocycles. The Bertz CT molecular complexity index is 582. The molecule has 1 aromatic heterocycles. The molecule has 1 atom stereocenters. The maximum absolute atomic E-state index is 11.1. The van der Waals surface area contributed by atoms with Gasteiger partial charge in [-0.1, -0.05) is 17.7 Å². The van der Waals surface area contributed by atoms with Gasteiger partial charge in [-0.25, -0.2) is 8.89 Å². The maximum atomic E-state index is 11.1. The molecule has 0 radical (unpaired) electrons. The first-order valence-electron chi connectivity index (χ1n) is 5.68. The number of aryl methyl sites for hydroxylation is 3. The Hall–Kier alpha value is -1.46. The predicted molar refractivity (Wildman–Crippen MR) is 71.0 cm³/mol. The van der Waals surface area contributed by atoms with Gasteiger partial charge in [0.15, 0.2) is 5.03 Å². The third kappa shape index (κ3) is 2.52. The molecule has 0 bridgehead atoms. The first-order valence-corrected chi connectivity index (χ1v) is 6.79. The van der Waals surface area contributed by atoms with E-state index in [1.165, 1.54) is 16.7 Å². The fourth-order valence-electron chi connectivity index (χ4n) is 2.20. The van der Waals surface area contributed by atoms with E-state index in [2.05, 4.69) is 38.0 Å². The summed E-state index contributed by atoms with van der Waals surface area (Å²) in [5.41, 5.74) is 4.73. The van der Waals surface area contributed by atoms with Crippen molar-refractivity contribution in [2.75, 3.05) is 0 Å². The Morgan fingerprint density at radius 3 is 2.44 bits per heavy atom. The zero-order valence-corrected chi connectivity index (χ0v) is 11.5. The molecule has 5 heteroatoms. The minimum Gasteiger partial charge on any atom is -0.301 e. The van der Waals surface area contributed by atoms with Crippen LogP contribution in [0.15, 0.2) is 29.4 Å². The van der Waals surface area contributed by atoms with Crippen LogP contribution in [-0.4, -0.2) is 18.5 Å². The van der Waals surface area contributed by atoms with E-state index in [-0.39, 0.29) is 0 Å². The van der Waals surface area contributed by atoms with Crippen molar-refractivity contribution in [2.24, 2.45) is 0 Å². The van der Waals surface area contributed by atoms with Crippen molar-refractivity contribution in [2.45, 2.75) is 32.3 Å². The fraction of sp³-hybridized carbons (Fsp3) is 0.308. The van der Waals surface area contributed by atoms with E-state index in [0.29, 0.717) is 11.6 Å². The molecule has 2 aromatic rings. The molecule has 96 valence electrons. The van der Waals surface area contributed by atoms with Crippen molar-refractivity contribution in [3.63, 3.8) is 0 Å². The molecule has 0 saturated carbocycles. The van der Waals surface area contributed by atoms with Gasteiger partial charge in [0.1, 0.15) is 0 Å². The third-order valence-corrected chi connectivity index (χ3v) is 3.71. The average molecular weight is 264 g/mol. The lowest BCUT2D eigenvalue weighted by Crippen LogP contribution is -2.09. The minimum atomic E-state index is -2.00. The Morgan fingerprint density at radius 2 is 1.89 bits per heavy atom. The van der Waals surface area contributed by atoms with Crippen molar-refractivity contribution in [1.29, 1.82) is 0 Å². The molecule has 1 unspecified atom stereocenters. The van der Waals surface area contributed by atoms with Gasteiger partial charge >= 0.3 is 0 Å². The molecule has 0 saturated heterocycles. The lowest BCUT2D eigenvalue weighted by Gasteiger charge is -2.12. The van der Waals surface area contributed by atoms with Gasteiger partial charge in [0, 0.05) is 0 Å². The lowest BCUT2D eigenvalue weighted by molar-refractivity contribution is 0.536. The Labute approximate surface area is 109 Å². The standard InChI is InChI=1S/C13H16N2O2S/c1-9-6-10(2)12(11(3)7-9)8-15-13(18(16)17)4-5-14-15/h4-7H,8H2,1-3H3,(H,16,17). The maximum Gasteiger partial charge on any atom is 0.205 e. The monoisotopic (exact) mass is 264 g/mol. The second-order valence-corrected chi connectivity index (χ2v) is 5.37. The zero-order valence-electron chi connectivity index (χ0n) is 10.7. The average Bonchev–Trinajstić information content (AvgIpc) is 2.71. The number of hydrogen-bond acceptors (Lipinski definition) is 2. The van der Waals surface area contributed by atoms with Crippen LogP contribution in [0.25, 0.3) is 0 Å². The van der Waals surface area contributed by atoms with Crippen LogP contribution in [0.1, 0.15) is 22.3 Å². The van der Waals surface area contributed by atoms with Gasteiger partial charge in [-0.15, -0.1) is 0 Å². The fourth-order valence-corrected chi connectivity index (χ4v) is 2.67. The Balaban J connectivity index is 2.40. The third-order valence-electron chi connectivity index (χ3n) is 3.00. The molecule has 0 fully saturated rings. The van der Waals surface area contributed by atoms with E-state index >= 15 is 0 Å². The van der Waals surface area contributed by atoms with Gasteiger partial charge in [-0.3, -0.25) is 0 Å². The highest BCUT2D eigenvalue weighted by Gasteiger charge is 2.11. The van der Waals surface area contributed by atoms with E-state index in [9.17, 15) is 4.21 Å². The van der Waals surface area contributed by atoms with Crippen LogP contribution in [0, 0.1) is 20.8 Å². The molecule has 1 aromatic carbocycles. The van der Waals surface area contributed by atoms with Crippen LogP contribution in [0.2, 0.25) is 0 Å². The highest BCUT2D eigenvalue weighted by atomic mass is 32.2. The summed E-state index contributed by atoms with van der Waals surface area (Å²) in [5, 5.41) is 4.43. The SMILES string of the molecule is Cc1cc(C)c(Cn2nccc2S(=O)O)c(C)c1. The van der Waals surface area contributed by atoms with Gasteiger partial charge in [0.25, 0.3) is 0 Å². The molecule has 0 aliphatic heterocycles. The highest BCUT2D eigenvalue weighted by Crippen LogP contribution is 2.18. The Kier molecular flexibility index (Phi) is 3.63. The number of nitrogens with zero attached hydrogens (tertiary/aromatic N) is 2. The molecule has 0 aliphatic rings. The first kappa shape index (κ1) is 13.0. The Morgan fingerprint density at radius 1 is 1.28 bits per heavy atom. The van der Waals surface area contributed by atoms with Gasteiger partial charge in [-0.05, 0) is 43.5 Å². The smallest absolute Gasteiger partial charge is 0.205 e. The molecule has 18 heavy (non-hydrogen) atoms. The van der Waals surface area contributed by atoms with E-state index in [1.807, 2.05) is 0 Å². The van der Waals surface area contributed by atoms with Crippen molar-refractivity contribution in [3.8, 4) is 0 Å². The molecule has 0 aliphatic carbocycles. The van der Waals surface area contributed by atoms with Crippen molar-refractivity contribution in [3.05, 3.63) is 46.6 Å². The molecule has 2 rings (SSSR count). The molecule has 0 amide bonds. The van der Waals surface area contributed by atoms with Crippen LogP contribution in [0.3, 0.4) is 0 Å². The zero-order chi connectivity index (χ0) is 13.3. The second kappa shape index (κ2) is 5.04. The molecule has 0 spiro atoms. The van der Waals surface area contributed by atoms with Crippen molar-refractivity contribution >= 4 is 11.1 Å². The number of benzene rings is 1. The van der Waals surface area contributed by atoms with E-state index < -0.39 is 11.1 Å². The van der Waals surface area contributed by atoms with Crippen LogP contribution in [0.4, 0.5) is 0 Å². The minimum absolute atomic E-state index is 0.328. The van der Waals surface area contributed by atoms with Crippen LogP contribution < -0.4 is 0 Å². The summed E-state index contributed by atoms with van der Waals surface area (Å²) in [7, 11) is 0. The summed E-state index contributed by atoms with van der Waals surface area (Å²) in [6, 6.07) is 5.79. The summed E-state index contributed by atoms with van der Waals surface area (Å²) in [6.45, 7) is 6.68. The summed E-state index contributed by atoms with van der Waals surface area (Å²) in [4.78, 5) is 0. The predicted octanol–water partition coefficient (Wildman–Crippen LogP) is 2.44. The largest absolute Gasteiger partial charge is 0.301 e. The number of hydrogen-bond donors (Lipinski definition) is 1. The van der Waals surface area contributed by atoms with E-state index in [0.717, 1.165) is 5.56 Å². The van der Waals surface area contributed by atoms with Gasteiger partial charge in [-0.2, -0.15) is 5.10 Å². The van der Waals surface area contributed by atoms with Crippen LogP contribution >= 0.6 is 0 Å². The van der Waals surface area contributed by atoms with Crippen LogP contribution in [0.5, 0.6) is 0 Å². The summed E-state index contributed by atoms with van der Waals surface area (Å²) < 4.78 is 21.9. The van der Waals surface area contributed by atoms with E-state index in [4.69, 9.17) is 4.55 Å². The highest BCUT2D eigenvalue weighted by molar-refractivity contribution is 7.79. The van der Waals surface area contributed by atoms with Crippen molar-refractivity contribution < 1.29 is 8.76 Å². The summed E-state index contributed by atoms with van der Waals surface area (Å²) in [6.07, 6.45) is 1.54. The molecule has 1 N–H and O–H groups in total. The number of rotatable bonds is 3. The topological polar surface area (TPSA) is 55.1 Å². The van der Waals surface area contributed by atoms with Crippen LogP contribution in [-0.2, 0) is 17.6 Å². The normalized spacial score (nSPS) is 12.7. The van der Waals surface area contributed by atoms with Gasteiger partial charge < -0.3 is 4.55 Å².